The molecular formula is C18H19NO4. The van der Waals surface area contributed by atoms with Crippen molar-refractivity contribution in [3.8, 4) is 22.6 Å². The highest BCUT2D eigenvalue weighted by atomic mass is 16.5. The van der Waals surface area contributed by atoms with E-state index < -0.39 is 0 Å². The summed E-state index contributed by atoms with van der Waals surface area (Å²) in [7, 11) is 4.66. The topological polar surface area (TPSA) is 57.5 Å². The molecule has 0 aliphatic heterocycles. The third-order valence-corrected chi connectivity index (χ3v) is 3.50. The van der Waals surface area contributed by atoms with Gasteiger partial charge in [-0.2, -0.15) is 0 Å². The first-order valence-corrected chi connectivity index (χ1v) is 7.12. The second-order valence-corrected chi connectivity index (χ2v) is 4.96. The molecule has 0 saturated heterocycles. The van der Waals surface area contributed by atoms with E-state index in [1.165, 1.54) is 17.8 Å². The lowest BCUT2D eigenvalue weighted by molar-refractivity contribution is 0.104. The van der Waals surface area contributed by atoms with E-state index >= 15 is 0 Å². The molecule has 0 radical (unpaired) electrons. The number of hydrogen-bond donors (Lipinski definition) is 0. The maximum atomic E-state index is 12.4. The Balaban J connectivity index is 2.73. The summed E-state index contributed by atoms with van der Waals surface area (Å²) in [5.41, 5.74) is 1.14. The van der Waals surface area contributed by atoms with Crippen molar-refractivity contribution in [1.29, 1.82) is 0 Å². The Bertz CT molecular complexity index is 801. The molecule has 120 valence electrons. The maximum Gasteiger partial charge on any atom is 0.265 e. The summed E-state index contributed by atoms with van der Waals surface area (Å²) in [4.78, 5) is 24.6. The van der Waals surface area contributed by atoms with E-state index in [1.54, 1.807) is 33.4 Å². The minimum absolute atomic E-state index is 0.0291. The number of allylic oxidation sites excluding steroid dienone is 2. The van der Waals surface area contributed by atoms with Crippen molar-refractivity contribution in [1.82, 2.24) is 4.57 Å². The molecule has 0 amide bonds. The van der Waals surface area contributed by atoms with Gasteiger partial charge in [0.25, 0.3) is 5.56 Å². The van der Waals surface area contributed by atoms with E-state index in [2.05, 4.69) is 0 Å². The molecule has 0 unspecified atom stereocenters. The first kappa shape index (κ1) is 16.5. The van der Waals surface area contributed by atoms with Gasteiger partial charge in [-0.05, 0) is 30.7 Å². The molecule has 0 bridgehead atoms. The molecule has 2 aromatic rings. The molecule has 0 atom stereocenters. The summed E-state index contributed by atoms with van der Waals surface area (Å²) in [6, 6.07) is 7.33. The van der Waals surface area contributed by atoms with Crippen LogP contribution in [0, 0.1) is 0 Å². The van der Waals surface area contributed by atoms with Crippen LogP contribution >= 0.6 is 0 Å². The summed E-state index contributed by atoms with van der Waals surface area (Å²) < 4.78 is 11.9. The largest absolute Gasteiger partial charge is 0.497 e. The number of hydrogen-bond acceptors (Lipinski definition) is 4. The number of carbonyl (C=O) groups is 1. The number of nitrogens with zero attached hydrogens (tertiary/aromatic N) is 1. The molecule has 0 saturated carbocycles. The van der Waals surface area contributed by atoms with Gasteiger partial charge in [0.1, 0.15) is 17.1 Å². The van der Waals surface area contributed by atoms with Crippen LogP contribution in [-0.4, -0.2) is 24.6 Å². The summed E-state index contributed by atoms with van der Waals surface area (Å²) in [6.45, 7) is 1.72. The molecule has 0 N–H and O–H groups in total. The fourth-order valence-electron chi connectivity index (χ4n) is 2.36. The van der Waals surface area contributed by atoms with E-state index in [4.69, 9.17) is 9.47 Å². The van der Waals surface area contributed by atoms with Gasteiger partial charge >= 0.3 is 0 Å². The zero-order valence-electron chi connectivity index (χ0n) is 13.6. The SMILES string of the molecule is C/C=C/C(=O)c1c(OC)c(-c2ccc(OC)cc2)cn(C)c1=O. The van der Waals surface area contributed by atoms with Crippen molar-refractivity contribution in [2.45, 2.75) is 6.92 Å². The van der Waals surface area contributed by atoms with Crippen LogP contribution < -0.4 is 15.0 Å². The van der Waals surface area contributed by atoms with Gasteiger partial charge < -0.3 is 14.0 Å². The number of aromatic nitrogens is 1. The van der Waals surface area contributed by atoms with Crippen LogP contribution in [0.3, 0.4) is 0 Å². The van der Waals surface area contributed by atoms with Gasteiger partial charge in [-0.25, -0.2) is 0 Å². The molecule has 0 aliphatic carbocycles. The number of benzene rings is 1. The number of methoxy groups -OCH3 is 2. The number of ether oxygens (including phenoxy) is 2. The minimum atomic E-state index is -0.387. The summed E-state index contributed by atoms with van der Waals surface area (Å²) >= 11 is 0. The maximum absolute atomic E-state index is 12.4. The van der Waals surface area contributed by atoms with Crippen molar-refractivity contribution in [2.24, 2.45) is 7.05 Å². The Morgan fingerprint density at radius 2 is 1.78 bits per heavy atom. The highest BCUT2D eigenvalue weighted by molar-refractivity contribution is 6.07. The monoisotopic (exact) mass is 313 g/mol. The Labute approximate surface area is 134 Å². The number of pyridine rings is 1. The minimum Gasteiger partial charge on any atom is -0.497 e. The second-order valence-electron chi connectivity index (χ2n) is 4.96. The smallest absolute Gasteiger partial charge is 0.265 e. The number of aryl methyl sites for hydroxylation is 1. The number of ketones is 1. The first-order chi connectivity index (χ1) is 11.0. The quantitative estimate of drug-likeness (QED) is 0.629. The Kier molecular flexibility index (Phi) is 5.01. The fourth-order valence-corrected chi connectivity index (χ4v) is 2.36. The molecule has 1 heterocycles. The molecule has 1 aromatic heterocycles. The molecule has 1 aromatic carbocycles. The van der Waals surface area contributed by atoms with E-state index in [9.17, 15) is 9.59 Å². The lowest BCUT2D eigenvalue weighted by Crippen LogP contribution is -2.25. The van der Waals surface area contributed by atoms with E-state index in [-0.39, 0.29) is 22.7 Å². The molecule has 5 nitrogen and oxygen atoms in total. The van der Waals surface area contributed by atoms with Crippen LogP contribution in [0.5, 0.6) is 11.5 Å². The molecule has 5 heteroatoms. The van der Waals surface area contributed by atoms with Gasteiger partial charge in [0.2, 0.25) is 0 Å². The van der Waals surface area contributed by atoms with Gasteiger partial charge in [-0.1, -0.05) is 18.2 Å². The molecule has 23 heavy (non-hydrogen) atoms. The first-order valence-electron chi connectivity index (χ1n) is 7.12. The van der Waals surface area contributed by atoms with Gasteiger partial charge in [0.15, 0.2) is 5.78 Å². The van der Waals surface area contributed by atoms with E-state index in [0.717, 1.165) is 11.3 Å². The van der Waals surface area contributed by atoms with Crippen molar-refractivity contribution in [3.63, 3.8) is 0 Å². The number of rotatable bonds is 5. The van der Waals surface area contributed by atoms with Crippen molar-refractivity contribution >= 4 is 5.78 Å². The highest BCUT2D eigenvalue weighted by Gasteiger charge is 2.21. The van der Waals surface area contributed by atoms with Gasteiger partial charge in [-0.3, -0.25) is 9.59 Å². The summed E-state index contributed by atoms with van der Waals surface area (Å²) in [5, 5.41) is 0. The van der Waals surface area contributed by atoms with Crippen LogP contribution in [0.4, 0.5) is 0 Å². The van der Waals surface area contributed by atoms with Crippen LogP contribution in [0.15, 0.2) is 47.4 Å². The van der Waals surface area contributed by atoms with Gasteiger partial charge in [-0.15, -0.1) is 0 Å². The van der Waals surface area contributed by atoms with Crippen LogP contribution in [-0.2, 0) is 7.05 Å². The van der Waals surface area contributed by atoms with E-state index in [1.807, 2.05) is 24.3 Å². The van der Waals surface area contributed by atoms with E-state index in [0.29, 0.717) is 5.56 Å². The Morgan fingerprint density at radius 3 is 2.30 bits per heavy atom. The van der Waals surface area contributed by atoms with Crippen LogP contribution in [0.2, 0.25) is 0 Å². The standard InChI is InChI=1S/C18H19NO4/c1-5-6-15(20)16-17(23-4)14(11-19(2)18(16)21)12-7-9-13(22-3)10-8-12/h5-11H,1-4H3/b6-5+. The zero-order chi connectivity index (χ0) is 17.0. The normalized spacial score (nSPS) is 10.8. The number of carbonyl (C=O) groups excluding carboxylic acids is 1. The predicted octanol–water partition coefficient (Wildman–Crippen LogP) is 2.83. The average molecular weight is 313 g/mol. The molecule has 2 rings (SSSR count). The lowest BCUT2D eigenvalue weighted by atomic mass is 10.0. The second kappa shape index (κ2) is 6.96. The third kappa shape index (κ3) is 3.18. The summed E-state index contributed by atoms with van der Waals surface area (Å²) in [6.07, 6.45) is 4.62. The molecule has 0 aliphatic rings. The highest BCUT2D eigenvalue weighted by Crippen LogP contribution is 2.32. The van der Waals surface area contributed by atoms with Crippen LogP contribution in [0.25, 0.3) is 11.1 Å². The fraction of sp³-hybridized carbons (Fsp3) is 0.222. The predicted molar refractivity (Wildman–Crippen MR) is 89.4 cm³/mol. The van der Waals surface area contributed by atoms with Crippen LogP contribution in [0.1, 0.15) is 17.3 Å². The third-order valence-electron chi connectivity index (χ3n) is 3.50. The van der Waals surface area contributed by atoms with Crippen molar-refractivity contribution in [3.05, 3.63) is 58.5 Å². The molecule has 0 fully saturated rings. The zero-order valence-corrected chi connectivity index (χ0v) is 13.6. The van der Waals surface area contributed by atoms with Crippen molar-refractivity contribution in [2.75, 3.05) is 14.2 Å². The summed E-state index contributed by atoms with van der Waals surface area (Å²) in [5.74, 6) is 0.629. The molecule has 0 spiro atoms. The van der Waals surface area contributed by atoms with Crippen molar-refractivity contribution < 1.29 is 14.3 Å². The lowest BCUT2D eigenvalue weighted by Gasteiger charge is -2.14. The Hall–Kier alpha value is -2.82. The average Bonchev–Trinajstić information content (AvgIpc) is 2.57. The molecular weight excluding hydrogens is 294 g/mol. The van der Waals surface area contributed by atoms with Gasteiger partial charge in [0.05, 0.1) is 14.2 Å². The van der Waals surface area contributed by atoms with Gasteiger partial charge in [0, 0.05) is 18.8 Å². The Morgan fingerprint density at radius 1 is 1.13 bits per heavy atom.